The van der Waals surface area contributed by atoms with E-state index in [1.165, 1.54) is 18.5 Å². The number of benzene rings is 1. The molecule has 0 saturated heterocycles. The largest absolute Gasteiger partial charge is 0.478 e. The number of hydrogen-bond donors (Lipinski definition) is 1. The fourth-order valence-electron chi connectivity index (χ4n) is 1.88. The predicted octanol–water partition coefficient (Wildman–Crippen LogP) is 2.51. The molecule has 2 aromatic heterocycles. The van der Waals surface area contributed by atoms with E-state index in [-0.39, 0.29) is 17.2 Å². The molecule has 0 aliphatic rings. The van der Waals surface area contributed by atoms with Crippen LogP contribution in [-0.4, -0.2) is 30.8 Å². The summed E-state index contributed by atoms with van der Waals surface area (Å²) in [5.74, 6) is -0.752. The van der Waals surface area contributed by atoms with Gasteiger partial charge in [0, 0.05) is 12.1 Å². The van der Waals surface area contributed by atoms with E-state index in [0.29, 0.717) is 16.1 Å². The highest BCUT2D eigenvalue weighted by atomic mass is 35.5. The molecule has 0 atom stereocenters. The lowest BCUT2D eigenvalue weighted by molar-refractivity contribution is 0.0694. The molecule has 0 radical (unpaired) electrons. The van der Waals surface area contributed by atoms with Crippen molar-refractivity contribution in [1.82, 2.24) is 19.7 Å². The molecule has 21 heavy (non-hydrogen) atoms. The van der Waals surface area contributed by atoms with Crippen LogP contribution >= 0.6 is 11.6 Å². The van der Waals surface area contributed by atoms with Crippen molar-refractivity contribution in [2.45, 2.75) is 0 Å². The molecule has 1 N–H and O–H groups in total. The zero-order chi connectivity index (χ0) is 15.0. The second kappa shape index (κ2) is 5.02. The van der Waals surface area contributed by atoms with Gasteiger partial charge in [-0.15, -0.1) is 0 Å². The SMILES string of the molecule is Cn1ncc2c(Oc3ccc(Cl)cc3C(=O)O)ncnc21. The van der Waals surface area contributed by atoms with Gasteiger partial charge in [0.15, 0.2) is 5.65 Å². The minimum absolute atomic E-state index is 0.0434. The number of ether oxygens (including phenoxy) is 1. The van der Waals surface area contributed by atoms with E-state index in [0.717, 1.165) is 0 Å². The summed E-state index contributed by atoms with van der Waals surface area (Å²) < 4.78 is 7.18. The van der Waals surface area contributed by atoms with Gasteiger partial charge in [0.25, 0.3) is 0 Å². The molecule has 8 heteroatoms. The van der Waals surface area contributed by atoms with Gasteiger partial charge in [-0.25, -0.2) is 14.8 Å². The molecule has 7 nitrogen and oxygen atoms in total. The highest BCUT2D eigenvalue weighted by molar-refractivity contribution is 6.31. The fourth-order valence-corrected chi connectivity index (χ4v) is 2.06. The van der Waals surface area contributed by atoms with Crippen molar-refractivity contribution in [2.24, 2.45) is 7.05 Å². The Bertz CT molecular complexity index is 847. The summed E-state index contributed by atoms with van der Waals surface area (Å²) in [6.07, 6.45) is 2.89. The molecule has 0 saturated carbocycles. The van der Waals surface area contributed by atoms with E-state index in [9.17, 15) is 9.90 Å². The third kappa shape index (κ3) is 2.38. The number of aryl methyl sites for hydroxylation is 1. The molecule has 0 spiro atoms. The number of fused-ring (bicyclic) bond motifs is 1. The number of carboxylic acid groups (broad SMARTS) is 1. The highest BCUT2D eigenvalue weighted by Crippen LogP contribution is 2.30. The Hall–Kier alpha value is -2.67. The molecule has 2 heterocycles. The third-order valence-electron chi connectivity index (χ3n) is 2.87. The molecule has 0 unspecified atom stereocenters. The maximum Gasteiger partial charge on any atom is 0.339 e. The van der Waals surface area contributed by atoms with Gasteiger partial charge in [0.05, 0.1) is 6.20 Å². The minimum atomic E-state index is -1.14. The fraction of sp³-hybridized carbons (Fsp3) is 0.0769. The van der Waals surface area contributed by atoms with Crippen LogP contribution in [0.15, 0.2) is 30.7 Å². The number of halogens is 1. The Labute approximate surface area is 123 Å². The summed E-state index contributed by atoms with van der Waals surface area (Å²) in [4.78, 5) is 19.4. The molecule has 0 fully saturated rings. The number of carbonyl (C=O) groups is 1. The van der Waals surface area contributed by atoms with Gasteiger partial charge in [-0.1, -0.05) is 11.6 Å². The van der Waals surface area contributed by atoms with Gasteiger partial charge in [-0.2, -0.15) is 5.10 Å². The quantitative estimate of drug-likeness (QED) is 0.799. The van der Waals surface area contributed by atoms with E-state index < -0.39 is 5.97 Å². The van der Waals surface area contributed by atoms with Crippen molar-refractivity contribution in [1.29, 1.82) is 0 Å². The van der Waals surface area contributed by atoms with Crippen LogP contribution in [0.2, 0.25) is 5.02 Å². The normalized spacial score (nSPS) is 10.8. The van der Waals surface area contributed by atoms with Crippen molar-refractivity contribution in [3.8, 4) is 11.6 Å². The number of aromatic carboxylic acids is 1. The first-order valence-electron chi connectivity index (χ1n) is 5.89. The highest BCUT2D eigenvalue weighted by Gasteiger charge is 2.16. The Morgan fingerprint density at radius 3 is 2.95 bits per heavy atom. The van der Waals surface area contributed by atoms with Gasteiger partial charge in [-0.3, -0.25) is 4.68 Å². The summed E-state index contributed by atoms with van der Waals surface area (Å²) in [5.41, 5.74) is 0.545. The lowest BCUT2D eigenvalue weighted by atomic mass is 10.2. The van der Waals surface area contributed by atoms with Crippen molar-refractivity contribution in [3.63, 3.8) is 0 Å². The molecule has 3 rings (SSSR count). The molecule has 0 bridgehead atoms. The number of hydrogen-bond acceptors (Lipinski definition) is 5. The van der Waals surface area contributed by atoms with E-state index in [4.69, 9.17) is 16.3 Å². The predicted molar refractivity (Wildman–Crippen MR) is 74.8 cm³/mol. The van der Waals surface area contributed by atoms with Crippen LogP contribution in [0, 0.1) is 0 Å². The topological polar surface area (TPSA) is 90.1 Å². The Morgan fingerprint density at radius 2 is 2.19 bits per heavy atom. The van der Waals surface area contributed by atoms with E-state index in [2.05, 4.69) is 15.1 Å². The van der Waals surface area contributed by atoms with Gasteiger partial charge in [-0.05, 0) is 18.2 Å². The first-order chi connectivity index (χ1) is 10.1. The van der Waals surface area contributed by atoms with Crippen LogP contribution in [0.1, 0.15) is 10.4 Å². The molecule has 106 valence electrons. The first kappa shape index (κ1) is 13.3. The van der Waals surface area contributed by atoms with Gasteiger partial charge in [0.2, 0.25) is 5.88 Å². The smallest absolute Gasteiger partial charge is 0.339 e. The third-order valence-corrected chi connectivity index (χ3v) is 3.11. The Balaban J connectivity index is 2.09. The maximum absolute atomic E-state index is 11.2. The summed E-state index contributed by atoms with van der Waals surface area (Å²) in [5, 5.41) is 14.2. The van der Waals surface area contributed by atoms with Crippen molar-refractivity contribution in [3.05, 3.63) is 41.3 Å². The zero-order valence-electron chi connectivity index (χ0n) is 10.8. The van der Waals surface area contributed by atoms with Crippen molar-refractivity contribution < 1.29 is 14.6 Å². The number of rotatable bonds is 3. The van der Waals surface area contributed by atoms with Gasteiger partial charge < -0.3 is 9.84 Å². The minimum Gasteiger partial charge on any atom is -0.478 e. The monoisotopic (exact) mass is 304 g/mol. The number of nitrogens with zero attached hydrogens (tertiary/aromatic N) is 4. The Morgan fingerprint density at radius 1 is 1.38 bits per heavy atom. The second-order valence-corrected chi connectivity index (χ2v) is 4.67. The lowest BCUT2D eigenvalue weighted by Crippen LogP contribution is -2.01. The average molecular weight is 305 g/mol. The van der Waals surface area contributed by atoms with Crippen LogP contribution < -0.4 is 4.74 Å². The summed E-state index contributed by atoms with van der Waals surface area (Å²) in [6.45, 7) is 0. The van der Waals surface area contributed by atoms with Gasteiger partial charge in [0.1, 0.15) is 23.0 Å². The summed E-state index contributed by atoms with van der Waals surface area (Å²) in [6, 6.07) is 4.35. The van der Waals surface area contributed by atoms with Crippen LogP contribution in [0.3, 0.4) is 0 Å². The number of aromatic nitrogens is 4. The molecule has 0 aliphatic carbocycles. The summed E-state index contributed by atoms with van der Waals surface area (Å²) >= 11 is 5.80. The van der Waals surface area contributed by atoms with Gasteiger partial charge >= 0.3 is 5.97 Å². The molecular formula is C13H9ClN4O3. The second-order valence-electron chi connectivity index (χ2n) is 4.23. The average Bonchev–Trinajstić information content (AvgIpc) is 2.83. The standard InChI is InChI=1S/C13H9ClN4O3/c1-18-11-9(5-17-18)12(16-6-15-11)21-10-3-2-7(14)4-8(10)13(19)20/h2-6H,1H3,(H,19,20). The lowest BCUT2D eigenvalue weighted by Gasteiger charge is -2.08. The van der Waals surface area contributed by atoms with Crippen LogP contribution in [0.5, 0.6) is 11.6 Å². The van der Waals surface area contributed by atoms with Crippen LogP contribution in [0.25, 0.3) is 11.0 Å². The first-order valence-corrected chi connectivity index (χ1v) is 6.27. The maximum atomic E-state index is 11.2. The van der Waals surface area contributed by atoms with E-state index >= 15 is 0 Å². The molecule has 0 aliphatic heterocycles. The van der Waals surface area contributed by atoms with Crippen LogP contribution in [0.4, 0.5) is 0 Å². The zero-order valence-corrected chi connectivity index (χ0v) is 11.6. The number of carboxylic acids is 1. The molecular weight excluding hydrogens is 296 g/mol. The molecule has 1 aromatic carbocycles. The van der Waals surface area contributed by atoms with E-state index in [1.807, 2.05) is 0 Å². The molecule has 0 amide bonds. The van der Waals surface area contributed by atoms with Crippen molar-refractivity contribution in [2.75, 3.05) is 0 Å². The Kier molecular flexibility index (Phi) is 3.19. The molecule has 3 aromatic rings. The van der Waals surface area contributed by atoms with E-state index in [1.54, 1.807) is 24.0 Å². The van der Waals surface area contributed by atoms with Crippen LogP contribution in [-0.2, 0) is 7.05 Å². The van der Waals surface area contributed by atoms with Crippen molar-refractivity contribution >= 4 is 28.6 Å². The summed E-state index contributed by atoms with van der Waals surface area (Å²) in [7, 11) is 1.74.